The van der Waals surface area contributed by atoms with Crippen molar-refractivity contribution in [3.8, 4) is 0 Å². The van der Waals surface area contributed by atoms with Gasteiger partial charge in [-0.15, -0.1) is 10.2 Å². The molecule has 0 spiro atoms. The van der Waals surface area contributed by atoms with Gasteiger partial charge in [0.25, 0.3) is 0 Å². The Morgan fingerprint density at radius 1 is 1.45 bits per heavy atom. The first-order chi connectivity index (χ1) is 5.36. The lowest BCUT2D eigenvalue weighted by Gasteiger charge is -1.87. The highest BCUT2D eigenvalue weighted by Gasteiger charge is 2.01. The fraction of sp³-hybridized carbons (Fsp3) is 0.600. The summed E-state index contributed by atoms with van der Waals surface area (Å²) in [5.41, 5.74) is 0. The van der Waals surface area contributed by atoms with Gasteiger partial charge < -0.3 is 0 Å². The smallest absolute Gasteiger partial charge is 0.131 e. The van der Waals surface area contributed by atoms with Gasteiger partial charge in [0.1, 0.15) is 0 Å². The van der Waals surface area contributed by atoms with Crippen LogP contribution >= 0.6 is 50.8 Å². The number of alkyl halides is 1. The quantitative estimate of drug-likeness (QED) is 0.621. The normalized spacial score (nSPS) is 10.4. The van der Waals surface area contributed by atoms with E-state index in [9.17, 15) is 0 Å². The Labute approximate surface area is 86.7 Å². The molecule has 0 aliphatic carbocycles. The summed E-state index contributed by atoms with van der Waals surface area (Å²) in [6.07, 6.45) is 2.01. The van der Waals surface area contributed by atoms with Gasteiger partial charge in [0.15, 0.2) is 8.68 Å². The molecule has 0 N–H and O–H groups in total. The minimum absolute atomic E-state index is 1.01. The van der Waals surface area contributed by atoms with E-state index in [1.165, 1.54) is 0 Å². The topological polar surface area (TPSA) is 25.8 Å². The van der Waals surface area contributed by atoms with E-state index in [2.05, 4.69) is 26.1 Å². The zero-order valence-electron chi connectivity index (χ0n) is 5.91. The van der Waals surface area contributed by atoms with Crippen molar-refractivity contribution >= 4 is 50.8 Å². The Morgan fingerprint density at radius 3 is 2.73 bits per heavy atom. The summed E-state index contributed by atoms with van der Waals surface area (Å²) in [4.78, 5) is 0. The summed E-state index contributed by atoms with van der Waals surface area (Å²) in [5.74, 6) is 1.06. The van der Waals surface area contributed by atoms with E-state index in [-0.39, 0.29) is 0 Å². The summed E-state index contributed by atoms with van der Waals surface area (Å²) < 4.78 is 2.11. The van der Waals surface area contributed by atoms with Gasteiger partial charge in [0.05, 0.1) is 0 Å². The van der Waals surface area contributed by atoms with E-state index >= 15 is 0 Å². The molecule has 62 valence electrons. The Hall–Kier alpha value is 0.740. The largest absolute Gasteiger partial charge is 0.175 e. The van der Waals surface area contributed by atoms with Crippen molar-refractivity contribution in [2.75, 3.05) is 17.3 Å². The summed E-state index contributed by atoms with van der Waals surface area (Å²) in [6, 6.07) is 0. The molecule has 0 fully saturated rings. The van der Waals surface area contributed by atoms with Crippen LogP contribution in [0.2, 0.25) is 0 Å². The maximum Gasteiger partial charge on any atom is 0.175 e. The zero-order valence-corrected chi connectivity index (χ0v) is 9.95. The number of thioether (sulfide) groups is 2. The van der Waals surface area contributed by atoms with Gasteiger partial charge in [-0.25, -0.2) is 0 Å². The second-order valence-electron chi connectivity index (χ2n) is 1.58. The van der Waals surface area contributed by atoms with Crippen molar-refractivity contribution in [3.63, 3.8) is 0 Å². The van der Waals surface area contributed by atoms with Crippen molar-refractivity contribution in [2.45, 2.75) is 8.68 Å². The molecular formula is C5H7BrN2S3. The highest BCUT2D eigenvalue weighted by molar-refractivity contribution is 9.09. The minimum Gasteiger partial charge on any atom is -0.131 e. The fourth-order valence-corrected chi connectivity index (χ4v) is 3.19. The first-order valence-corrected chi connectivity index (χ1v) is 7.08. The van der Waals surface area contributed by atoms with E-state index in [1.807, 2.05) is 6.26 Å². The van der Waals surface area contributed by atoms with Gasteiger partial charge in [0.2, 0.25) is 0 Å². The number of hydrogen-bond donors (Lipinski definition) is 0. The maximum atomic E-state index is 4.01. The molecule has 11 heavy (non-hydrogen) atoms. The third-order valence-electron chi connectivity index (χ3n) is 0.865. The standard InChI is InChI=1S/C5H7BrN2S3/c1-9-4-7-8-5(11-4)10-3-2-6/h2-3H2,1H3. The molecule has 0 unspecified atom stereocenters. The molecule has 1 heterocycles. The van der Waals surface area contributed by atoms with Crippen LogP contribution in [0.25, 0.3) is 0 Å². The summed E-state index contributed by atoms with van der Waals surface area (Å²) in [5, 5.41) is 9.00. The van der Waals surface area contributed by atoms with Gasteiger partial charge >= 0.3 is 0 Å². The number of rotatable bonds is 4. The van der Waals surface area contributed by atoms with Crippen molar-refractivity contribution in [2.24, 2.45) is 0 Å². The lowest BCUT2D eigenvalue weighted by molar-refractivity contribution is 0.956. The monoisotopic (exact) mass is 270 g/mol. The van der Waals surface area contributed by atoms with Gasteiger partial charge in [-0.2, -0.15) is 0 Å². The zero-order chi connectivity index (χ0) is 8.10. The molecule has 0 saturated carbocycles. The van der Waals surface area contributed by atoms with Crippen LogP contribution in [0, 0.1) is 0 Å². The molecule has 1 aromatic rings. The fourth-order valence-electron chi connectivity index (χ4n) is 0.464. The molecule has 0 aliphatic rings. The Balaban J connectivity index is 2.44. The van der Waals surface area contributed by atoms with E-state index in [1.54, 1.807) is 34.9 Å². The van der Waals surface area contributed by atoms with E-state index in [0.29, 0.717) is 0 Å². The molecule has 0 amide bonds. The first-order valence-electron chi connectivity index (χ1n) is 2.93. The third kappa shape index (κ3) is 3.31. The molecule has 0 saturated heterocycles. The lowest BCUT2D eigenvalue weighted by atomic mass is 11.0. The van der Waals surface area contributed by atoms with Crippen LogP contribution in [0.1, 0.15) is 0 Å². The average molecular weight is 271 g/mol. The van der Waals surface area contributed by atoms with Gasteiger partial charge in [-0.1, -0.05) is 50.8 Å². The molecule has 0 radical (unpaired) electrons. The van der Waals surface area contributed by atoms with Crippen LogP contribution < -0.4 is 0 Å². The lowest BCUT2D eigenvalue weighted by Crippen LogP contribution is -1.77. The second kappa shape index (κ2) is 5.40. The predicted octanol–water partition coefficient (Wildman–Crippen LogP) is 2.75. The highest BCUT2D eigenvalue weighted by Crippen LogP contribution is 2.27. The maximum absolute atomic E-state index is 4.01. The highest BCUT2D eigenvalue weighted by atomic mass is 79.9. The van der Waals surface area contributed by atoms with Crippen molar-refractivity contribution in [3.05, 3.63) is 0 Å². The molecule has 0 aliphatic heterocycles. The molecule has 0 atom stereocenters. The van der Waals surface area contributed by atoms with Gasteiger partial charge in [-0.05, 0) is 6.26 Å². The second-order valence-corrected chi connectivity index (χ2v) is 5.74. The number of nitrogens with zero attached hydrogens (tertiary/aromatic N) is 2. The van der Waals surface area contributed by atoms with Crippen LogP contribution in [0.4, 0.5) is 0 Å². The van der Waals surface area contributed by atoms with Crippen molar-refractivity contribution in [1.82, 2.24) is 10.2 Å². The molecule has 2 nitrogen and oxygen atoms in total. The van der Waals surface area contributed by atoms with E-state index < -0.39 is 0 Å². The molecule has 0 aromatic carbocycles. The average Bonchev–Trinajstić information content (AvgIpc) is 2.48. The van der Waals surface area contributed by atoms with Crippen LogP contribution in [-0.2, 0) is 0 Å². The molecule has 0 bridgehead atoms. The van der Waals surface area contributed by atoms with Crippen LogP contribution in [-0.4, -0.2) is 27.5 Å². The Morgan fingerprint density at radius 2 is 2.18 bits per heavy atom. The van der Waals surface area contributed by atoms with Crippen molar-refractivity contribution in [1.29, 1.82) is 0 Å². The molecule has 6 heteroatoms. The summed E-state index contributed by atoms with van der Waals surface area (Å²) in [6.45, 7) is 0. The summed E-state index contributed by atoms with van der Waals surface area (Å²) in [7, 11) is 0. The number of halogens is 1. The van der Waals surface area contributed by atoms with Crippen LogP contribution in [0.5, 0.6) is 0 Å². The third-order valence-corrected chi connectivity index (χ3v) is 4.82. The SMILES string of the molecule is CSc1nnc(SCCBr)s1. The summed E-state index contributed by atoms with van der Waals surface area (Å²) >= 11 is 8.40. The number of hydrogen-bond acceptors (Lipinski definition) is 5. The first kappa shape index (κ1) is 9.83. The van der Waals surface area contributed by atoms with Crippen LogP contribution in [0.15, 0.2) is 8.68 Å². The predicted molar refractivity (Wildman–Crippen MR) is 56.2 cm³/mol. The number of aromatic nitrogens is 2. The molecular weight excluding hydrogens is 264 g/mol. The van der Waals surface area contributed by atoms with E-state index in [4.69, 9.17) is 0 Å². The Kier molecular flexibility index (Phi) is 4.82. The van der Waals surface area contributed by atoms with E-state index in [0.717, 1.165) is 19.8 Å². The van der Waals surface area contributed by atoms with Crippen LogP contribution in [0.3, 0.4) is 0 Å². The van der Waals surface area contributed by atoms with Crippen molar-refractivity contribution < 1.29 is 0 Å². The minimum atomic E-state index is 1.01. The molecule has 1 aromatic heterocycles. The van der Waals surface area contributed by atoms with Gasteiger partial charge in [0, 0.05) is 11.1 Å². The molecule has 1 rings (SSSR count). The Bertz CT molecular complexity index is 215. The van der Waals surface area contributed by atoms with Gasteiger partial charge in [-0.3, -0.25) is 0 Å².